The Morgan fingerprint density at radius 3 is 2.06 bits per heavy atom. The van der Waals surface area contributed by atoms with Crippen LogP contribution in [0.3, 0.4) is 0 Å². The Hall–Kier alpha value is -2.51. The molecule has 4 unspecified atom stereocenters. The standard InChI is InChI=1S/C26H34N2O4/c1-15-8-9-22(17(3)12-15)27-10-11-28(23-18(4)13-16(2)14-19(23)5)25(27)24(30)21(7)32-26(31)20(6)29/h8-14,20-21,24,26,30-31H,1-7H3. The van der Waals surface area contributed by atoms with Crippen LogP contribution in [0.15, 0.2) is 42.7 Å². The van der Waals surface area contributed by atoms with E-state index in [1.807, 2.05) is 47.5 Å². The molecule has 1 heterocycles. The van der Waals surface area contributed by atoms with Crippen LogP contribution >= 0.6 is 0 Å². The lowest BCUT2D eigenvalue weighted by Crippen LogP contribution is -2.43. The van der Waals surface area contributed by atoms with Crippen LogP contribution in [0.2, 0.25) is 0 Å². The Balaban J connectivity index is 2.20. The Labute approximate surface area is 190 Å². The fourth-order valence-electron chi connectivity index (χ4n) is 4.32. The molecule has 0 aliphatic carbocycles. The number of aliphatic hydroxyl groups excluding tert-OH is 2. The maximum atomic E-state index is 11.6. The van der Waals surface area contributed by atoms with Crippen LogP contribution in [0.25, 0.3) is 11.4 Å². The molecule has 0 aliphatic rings. The highest BCUT2D eigenvalue weighted by molar-refractivity contribution is 5.45. The molecule has 0 fully saturated rings. The first-order valence-corrected chi connectivity index (χ1v) is 11.0. The molecule has 0 saturated carbocycles. The average molecular weight is 439 g/mol. The summed E-state index contributed by atoms with van der Waals surface area (Å²) >= 11 is 0. The summed E-state index contributed by atoms with van der Waals surface area (Å²) < 4.78 is 9.40. The topological polar surface area (TPSA) is 81.6 Å². The lowest BCUT2D eigenvalue weighted by atomic mass is 10.0. The molecule has 0 aliphatic heterocycles. The van der Waals surface area contributed by atoms with Gasteiger partial charge < -0.3 is 20.1 Å². The van der Waals surface area contributed by atoms with Crippen LogP contribution < -0.4 is 9.67 Å². The summed E-state index contributed by atoms with van der Waals surface area (Å²) in [5.74, 6) is 0.588. The van der Waals surface area contributed by atoms with E-state index < -0.39 is 24.6 Å². The first-order valence-electron chi connectivity index (χ1n) is 11.0. The van der Waals surface area contributed by atoms with E-state index in [2.05, 4.69) is 39.0 Å². The van der Waals surface area contributed by atoms with Gasteiger partial charge in [0.05, 0.1) is 6.10 Å². The molecule has 32 heavy (non-hydrogen) atoms. The minimum absolute atomic E-state index is 0.588. The second kappa shape index (κ2) is 9.55. The quantitative estimate of drug-likeness (QED) is 0.439. The molecular formula is C26H34N2O4. The number of benzene rings is 2. The van der Waals surface area contributed by atoms with Gasteiger partial charge in [-0.05, 0) is 64.3 Å². The number of rotatable bonds is 7. The van der Waals surface area contributed by atoms with Gasteiger partial charge in [0.2, 0.25) is 0 Å². The van der Waals surface area contributed by atoms with Crippen LogP contribution in [0.4, 0.5) is 0 Å². The molecule has 172 valence electrons. The number of aliphatic hydroxyl groups is 2. The van der Waals surface area contributed by atoms with E-state index in [0.29, 0.717) is 5.82 Å². The van der Waals surface area contributed by atoms with Crippen LogP contribution in [0.5, 0.6) is 0 Å². The van der Waals surface area contributed by atoms with E-state index >= 15 is 0 Å². The lowest BCUT2D eigenvalue weighted by Gasteiger charge is -2.28. The third kappa shape index (κ3) is 4.79. The molecule has 1 aromatic heterocycles. The predicted octanol–water partition coefficient (Wildman–Crippen LogP) is 2.80. The molecule has 3 rings (SSSR count). The summed E-state index contributed by atoms with van der Waals surface area (Å²) in [5, 5.41) is 32.9. The highest BCUT2D eigenvalue weighted by Crippen LogP contribution is 2.26. The largest absolute Gasteiger partial charge is 0.849 e. The average Bonchev–Trinajstić information content (AvgIpc) is 3.10. The van der Waals surface area contributed by atoms with Gasteiger partial charge in [-0.1, -0.05) is 48.4 Å². The molecule has 2 N–H and O–H groups in total. The predicted molar refractivity (Wildman–Crippen MR) is 122 cm³/mol. The van der Waals surface area contributed by atoms with Gasteiger partial charge in [0.1, 0.15) is 30.1 Å². The van der Waals surface area contributed by atoms with Crippen LogP contribution in [0, 0.1) is 34.6 Å². The first-order chi connectivity index (χ1) is 15.0. The van der Waals surface area contributed by atoms with Crippen molar-refractivity contribution < 1.29 is 24.6 Å². The first kappa shape index (κ1) is 24.1. The third-order valence-corrected chi connectivity index (χ3v) is 5.81. The number of hydrogen-bond donors (Lipinski definition) is 2. The highest BCUT2D eigenvalue weighted by Gasteiger charge is 2.34. The Kier molecular flexibility index (Phi) is 7.20. The summed E-state index contributed by atoms with van der Waals surface area (Å²) in [7, 11) is 0. The molecule has 6 heteroatoms. The van der Waals surface area contributed by atoms with Crippen molar-refractivity contribution in [3.05, 3.63) is 76.4 Å². The van der Waals surface area contributed by atoms with E-state index in [0.717, 1.165) is 33.6 Å². The van der Waals surface area contributed by atoms with Crippen molar-refractivity contribution in [2.45, 2.75) is 73.1 Å². The van der Waals surface area contributed by atoms with Gasteiger partial charge in [0.25, 0.3) is 5.82 Å². The van der Waals surface area contributed by atoms with E-state index in [4.69, 9.17) is 4.74 Å². The molecule has 0 bridgehead atoms. The zero-order valence-electron chi connectivity index (χ0n) is 20.0. The Bertz CT molecular complexity index is 1080. The second-order valence-corrected chi connectivity index (χ2v) is 8.82. The van der Waals surface area contributed by atoms with E-state index in [1.165, 1.54) is 12.5 Å². The molecular weight excluding hydrogens is 404 g/mol. The third-order valence-electron chi connectivity index (χ3n) is 5.81. The van der Waals surface area contributed by atoms with Crippen LogP contribution in [-0.2, 0) is 4.74 Å². The smallest absolute Gasteiger partial charge is 0.298 e. The molecule has 3 aromatic rings. The fraction of sp³-hybridized carbons (Fsp3) is 0.423. The van der Waals surface area contributed by atoms with Crippen molar-refractivity contribution in [3.63, 3.8) is 0 Å². The summed E-state index contributed by atoms with van der Waals surface area (Å²) in [5.41, 5.74) is 7.49. The van der Waals surface area contributed by atoms with Crippen molar-refractivity contribution in [2.24, 2.45) is 0 Å². The van der Waals surface area contributed by atoms with Gasteiger partial charge in [-0.3, -0.25) is 0 Å². The molecule has 0 amide bonds. The number of aryl methyl sites for hydroxylation is 5. The normalized spacial score (nSPS) is 15.4. The Morgan fingerprint density at radius 2 is 1.50 bits per heavy atom. The van der Waals surface area contributed by atoms with Crippen molar-refractivity contribution in [3.8, 4) is 11.4 Å². The second-order valence-electron chi connectivity index (χ2n) is 8.82. The number of nitrogens with zero attached hydrogens (tertiary/aromatic N) is 2. The molecule has 2 aromatic carbocycles. The number of ether oxygens (including phenoxy) is 1. The summed E-state index contributed by atoms with van der Waals surface area (Å²) in [4.78, 5) is 0. The van der Waals surface area contributed by atoms with Crippen molar-refractivity contribution in [1.82, 2.24) is 4.57 Å². The van der Waals surface area contributed by atoms with Crippen molar-refractivity contribution >= 4 is 0 Å². The minimum atomic E-state index is -1.50. The molecule has 6 nitrogen and oxygen atoms in total. The Morgan fingerprint density at radius 1 is 0.906 bits per heavy atom. The van der Waals surface area contributed by atoms with Gasteiger partial charge >= 0.3 is 0 Å². The lowest BCUT2D eigenvalue weighted by molar-refractivity contribution is -0.610. The summed E-state index contributed by atoms with van der Waals surface area (Å²) in [6.07, 6.45) is -0.863. The molecule has 0 spiro atoms. The summed E-state index contributed by atoms with van der Waals surface area (Å²) in [6.45, 7) is 13.2. The van der Waals surface area contributed by atoms with E-state index in [9.17, 15) is 15.3 Å². The monoisotopic (exact) mass is 438 g/mol. The number of aromatic nitrogens is 2. The van der Waals surface area contributed by atoms with Gasteiger partial charge in [0.15, 0.2) is 6.10 Å². The van der Waals surface area contributed by atoms with Crippen LogP contribution in [-0.4, -0.2) is 33.3 Å². The maximum absolute atomic E-state index is 11.6. The minimum Gasteiger partial charge on any atom is -0.849 e. The highest BCUT2D eigenvalue weighted by atomic mass is 16.6. The van der Waals surface area contributed by atoms with Gasteiger partial charge in [0, 0.05) is 0 Å². The van der Waals surface area contributed by atoms with Gasteiger partial charge in [-0.15, -0.1) is 0 Å². The van der Waals surface area contributed by atoms with Crippen molar-refractivity contribution in [1.29, 1.82) is 0 Å². The summed E-state index contributed by atoms with van der Waals surface area (Å²) in [6, 6.07) is 10.4. The SMILES string of the molecule is Cc1ccc(-n2cc[n+](-c3c(C)cc(C)cc3C)c2C(O)C(C)OC(O)C(C)[O-])c(C)c1. The van der Waals surface area contributed by atoms with Crippen molar-refractivity contribution in [2.75, 3.05) is 0 Å². The molecule has 0 saturated heterocycles. The molecule has 0 radical (unpaired) electrons. The number of hydrogen-bond acceptors (Lipinski definition) is 4. The zero-order valence-corrected chi connectivity index (χ0v) is 20.0. The van der Waals surface area contributed by atoms with E-state index in [1.54, 1.807) is 6.92 Å². The fourth-order valence-corrected chi connectivity index (χ4v) is 4.32. The number of imidazole rings is 1. The zero-order chi connectivity index (χ0) is 23.7. The van der Waals surface area contributed by atoms with Crippen LogP contribution in [0.1, 0.15) is 53.6 Å². The molecule has 4 atom stereocenters. The van der Waals surface area contributed by atoms with Gasteiger partial charge in [-0.2, -0.15) is 9.13 Å². The van der Waals surface area contributed by atoms with E-state index in [-0.39, 0.29) is 0 Å². The van der Waals surface area contributed by atoms with Gasteiger partial charge in [-0.25, -0.2) is 0 Å². The maximum Gasteiger partial charge on any atom is 0.298 e.